The predicted molar refractivity (Wildman–Crippen MR) is 61.6 cm³/mol. The van der Waals surface area contributed by atoms with Crippen molar-refractivity contribution in [3.63, 3.8) is 0 Å². The summed E-state index contributed by atoms with van der Waals surface area (Å²) in [5, 5.41) is 0. The molecule has 1 fully saturated rings. The number of hydrogen-bond acceptors (Lipinski definition) is 4. The second-order valence-electron chi connectivity index (χ2n) is 4.14. The maximum absolute atomic E-state index is 10.8. The molecular weight excluding hydrogens is 220 g/mol. The summed E-state index contributed by atoms with van der Waals surface area (Å²) < 4.78 is 15.6. The van der Waals surface area contributed by atoms with Crippen LogP contribution in [-0.4, -0.2) is 25.0 Å². The second-order valence-corrected chi connectivity index (χ2v) is 4.14. The van der Waals surface area contributed by atoms with Crippen LogP contribution in [0.25, 0.3) is 0 Å². The van der Waals surface area contributed by atoms with Crippen molar-refractivity contribution in [2.75, 3.05) is 13.2 Å². The lowest BCUT2D eigenvalue weighted by Crippen LogP contribution is -2.47. The van der Waals surface area contributed by atoms with Crippen LogP contribution in [0.4, 0.5) is 4.79 Å². The monoisotopic (exact) mass is 236 g/mol. The normalized spacial score (nSPS) is 18.3. The number of ether oxygens (including phenoxy) is 3. The maximum Gasteiger partial charge on any atom is 0.508 e. The first-order valence-corrected chi connectivity index (χ1v) is 5.71. The summed E-state index contributed by atoms with van der Waals surface area (Å²) in [6.07, 6.45) is 0.130. The Morgan fingerprint density at radius 1 is 1.24 bits per heavy atom. The molecule has 2 rings (SSSR count). The van der Waals surface area contributed by atoms with Crippen LogP contribution < -0.4 is 0 Å². The van der Waals surface area contributed by atoms with Crippen molar-refractivity contribution >= 4 is 6.16 Å². The minimum Gasteiger partial charge on any atom is -0.431 e. The van der Waals surface area contributed by atoms with E-state index in [9.17, 15) is 4.79 Å². The van der Waals surface area contributed by atoms with Crippen molar-refractivity contribution in [3.8, 4) is 0 Å². The van der Waals surface area contributed by atoms with Gasteiger partial charge >= 0.3 is 6.16 Å². The predicted octanol–water partition coefficient (Wildman–Crippen LogP) is 2.52. The summed E-state index contributed by atoms with van der Waals surface area (Å²) in [5.74, 6) is 0. The molecule has 0 spiro atoms. The molecule has 0 unspecified atom stereocenters. The SMILES string of the molecule is CCC1(OCc2ccccc2)COC(=O)OC1. The van der Waals surface area contributed by atoms with E-state index in [2.05, 4.69) is 0 Å². The second kappa shape index (κ2) is 5.19. The highest BCUT2D eigenvalue weighted by atomic mass is 16.7. The van der Waals surface area contributed by atoms with Crippen molar-refractivity contribution < 1.29 is 19.0 Å². The van der Waals surface area contributed by atoms with Crippen LogP contribution in [0.3, 0.4) is 0 Å². The Balaban J connectivity index is 1.94. The van der Waals surface area contributed by atoms with Gasteiger partial charge in [0.25, 0.3) is 0 Å². The van der Waals surface area contributed by atoms with Gasteiger partial charge in [-0.1, -0.05) is 37.3 Å². The van der Waals surface area contributed by atoms with Crippen molar-refractivity contribution in [3.05, 3.63) is 35.9 Å². The zero-order chi connectivity index (χ0) is 12.1. The lowest BCUT2D eigenvalue weighted by Gasteiger charge is -2.34. The molecule has 0 radical (unpaired) electrons. The van der Waals surface area contributed by atoms with E-state index >= 15 is 0 Å². The maximum atomic E-state index is 10.8. The molecule has 0 aromatic heterocycles. The van der Waals surface area contributed by atoms with Gasteiger partial charge in [0.1, 0.15) is 18.8 Å². The summed E-state index contributed by atoms with van der Waals surface area (Å²) >= 11 is 0. The van der Waals surface area contributed by atoms with E-state index in [1.165, 1.54) is 0 Å². The topological polar surface area (TPSA) is 44.8 Å². The van der Waals surface area contributed by atoms with E-state index in [1.54, 1.807) is 0 Å². The molecule has 0 aliphatic carbocycles. The Kier molecular flexibility index (Phi) is 3.64. The smallest absolute Gasteiger partial charge is 0.431 e. The van der Waals surface area contributed by atoms with Crippen LogP contribution in [-0.2, 0) is 20.8 Å². The number of rotatable bonds is 4. The molecule has 1 aliphatic rings. The molecule has 1 aromatic rings. The van der Waals surface area contributed by atoms with Crippen LogP contribution in [0, 0.1) is 0 Å². The van der Waals surface area contributed by atoms with Gasteiger partial charge in [-0.05, 0) is 12.0 Å². The van der Waals surface area contributed by atoms with Gasteiger partial charge in [-0.2, -0.15) is 0 Å². The van der Waals surface area contributed by atoms with Crippen LogP contribution in [0.15, 0.2) is 30.3 Å². The largest absolute Gasteiger partial charge is 0.508 e. The molecule has 0 saturated carbocycles. The molecule has 4 nitrogen and oxygen atoms in total. The summed E-state index contributed by atoms with van der Waals surface area (Å²) in [6, 6.07) is 9.89. The molecule has 17 heavy (non-hydrogen) atoms. The van der Waals surface area contributed by atoms with Crippen LogP contribution >= 0.6 is 0 Å². The van der Waals surface area contributed by atoms with Gasteiger partial charge in [-0.3, -0.25) is 0 Å². The first kappa shape index (κ1) is 11.9. The lowest BCUT2D eigenvalue weighted by atomic mass is 10.0. The first-order valence-electron chi connectivity index (χ1n) is 5.71. The van der Waals surface area contributed by atoms with Crippen molar-refractivity contribution in [1.29, 1.82) is 0 Å². The number of cyclic esters (lactones) is 2. The molecule has 1 saturated heterocycles. The fourth-order valence-electron chi connectivity index (χ4n) is 1.66. The minimum atomic E-state index is -0.614. The molecule has 4 heteroatoms. The van der Waals surface area contributed by atoms with Gasteiger partial charge in [0, 0.05) is 0 Å². The highest BCUT2D eigenvalue weighted by Crippen LogP contribution is 2.23. The van der Waals surface area contributed by atoms with Crippen LogP contribution in [0.5, 0.6) is 0 Å². The Bertz CT molecular complexity index is 364. The van der Waals surface area contributed by atoms with Crippen LogP contribution in [0.1, 0.15) is 18.9 Å². The summed E-state index contributed by atoms with van der Waals surface area (Å²) in [6.45, 7) is 3.01. The highest BCUT2D eigenvalue weighted by Gasteiger charge is 2.37. The van der Waals surface area contributed by atoms with E-state index in [0.29, 0.717) is 6.61 Å². The van der Waals surface area contributed by atoms with Gasteiger partial charge in [-0.15, -0.1) is 0 Å². The third-order valence-electron chi connectivity index (χ3n) is 2.94. The van der Waals surface area contributed by atoms with E-state index in [-0.39, 0.29) is 13.2 Å². The zero-order valence-corrected chi connectivity index (χ0v) is 9.85. The molecule has 1 aliphatic heterocycles. The van der Waals surface area contributed by atoms with E-state index in [1.807, 2.05) is 37.3 Å². The fraction of sp³-hybridized carbons (Fsp3) is 0.462. The average molecular weight is 236 g/mol. The average Bonchev–Trinajstić information content (AvgIpc) is 2.40. The van der Waals surface area contributed by atoms with Gasteiger partial charge in [0.15, 0.2) is 0 Å². The quantitative estimate of drug-likeness (QED) is 0.753. The highest BCUT2D eigenvalue weighted by molar-refractivity contribution is 5.60. The van der Waals surface area contributed by atoms with Crippen LogP contribution in [0.2, 0.25) is 0 Å². The molecule has 1 heterocycles. The molecule has 0 bridgehead atoms. The van der Waals surface area contributed by atoms with E-state index in [4.69, 9.17) is 14.2 Å². The Morgan fingerprint density at radius 3 is 2.47 bits per heavy atom. The van der Waals surface area contributed by atoms with Gasteiger partial charge in [0.2, 0.25) is 0 Å². The molecule has 0 amide bonds. The van der Waals surface area contributed by atoms with Gasteiger partial charge in [0.05, 0.1) is 6.61 Å². The fourth-order valence-corrected chi connectivity index (χ4v) is 1.66. The Labute approximate surface area is 100 Å². The molecular formula is C13H16O4. The van der Waals surface area contributed by atoms with Gasteiger partial charge < -0.3 is 14.2 Å². The van der Waals surface area contributed by atoms with E-state index < -0.39 is 11.8 Å². The number of benzene rings is 1. The summed E-state index contributed by atoms with van der Waals surface area (Å²) in [4.78, 5) is 10.8. The first-order chi connectivity index (χ1) is 8.24. The number of hydrogen-bond donors (Lipinski definition) is 0. The number of carbonyl (C=O) groups excluding carboxylic acids is 1. The lowest BCUT2D eigenvalue weighted by molar-refractivity contribution is -0.159. The molecule has 0 N–H and O–H groups in total. The summed E-state index contributed by atoms with van der Waals surface area (Å²) in [5.41, 5.74) is 0.584. The van der Waals surface area contributed by atoms with Gasteiger partial charge in [-0.25, -0.2) is 4.79 Å². The standard InChI is InChI=1S/C13H16O4/c1-2-13(9-15-12(14)16-10-13)17-8-11-6-4-3-5-7-11/h3-7H,2,8-10H2,1H3. The van der Waals surface area contributed by atoms with E-state index in [0.717, 1.165) is 12.0 Å². The van der Waals surface area contributed by atoms with Crippen molar-refractivity contribution in [2.24, 2.45) is 0 Å². The minimum absolute atomic E-state index is 0.259. The number of carbonyl (C=O) groups is 1. The zero-order valence-electron chi connectivity index (χ0n) is 9.85. The Morgan fingerprint density at radius 2 is 1.88 bits per heavy atom. The third-order valence-corrected chi connectivity index (χ3v) is 2.94. The van der Waals surface area contributed by atoms with Crippen molar-refractivity contribution in [2.45, 2.75) is 25.6 Å². The molecule has 92 valence electrons. The third kappa shape index (κ3) is 2.97. The molecule has 1 aromatic carbocycles. The molecule has 0 atom stereocenters. The summed E-state index contributed by atoms with van der Waals surface area (Å²) in [7, 11) is 0. The van der Waals surface area contributed by atoms with Crippen molar-refractivity contribution in [1.82, 2.24) is 0 Å². The Hall–Kier alpha value is -1.55.